The first-order chi connectivity index (χ1) is 10.5. The van der Waals surface area contributed by atoms with Crippen molar-refractivity contribution in [1.29, 1.82) is 0 Å². The van der Waals surface area contributed by atoms with Gasteiger partial charge in [0.15, 0.2) is 0 Å². The van der Waals surface area contributed by atoms with E-state index in [-0.39, 0.29) is 5.54 Å². The van der Waals surface area contributed by atoms with Gasteiger partial charge < -0.3 is 4.90 Å². The fourth-order valence-electron chi connectivity index (χ4n) is 3.41. The molecule has 1 aliphatic rings. The van der Waals surface area contributed by atoms with Crippen LogP contribution < -0.4 is 0 Å². The van der Waals surface area contributed by atoms with Crippen LogP contribution in [0.2, 0.25) is 0 Å². The topological polar surface area (TPSA) is 15.6 Å². The minimum Gasteiger partial charge on any atom is -0.356 e. The summed E-state index contributed by atoms with van der Waals surface area (Å²) < 4.78 is 0. The van der Waals surface area contributed by atoms with E-state index in [2.05, 4.69) is 39.5 Å². The Morgan fingerprint density at radius 1 is 0.909 bits per heavy atom. The van der Waals surface area contributed by atoms with Crippen LogP contribution in [-0.4, -0.2) is 28.9 Å². The average Bonchev–Trinajstić information content (AvgIpc) is 2.76. The second kappa shape index (κ2) is 10.3. The highest BCUT2D eigenvalue weighted by Crippen LogP contribution is 2.24. The molecule has 0 saturated carbocycles. The van der Waals surface area contributed by atoms with Crippen molar-refractivity contribution in [2.24, 2.45) is 4.99 Å². The van der Waals surface area contributed by atoms with Gasteiger partial charge in [0, 0.05) is 19.0 Å². The van der Waals surface area contributed by atoms with Crippen LogP contribution in [0.1, 0.15) is 105 Å². The fraction of sp³-hybridized carbons (Fsp3) is 0.950. The summed E-state index contributed by atoms with van der Waals surface area (Å²) in [5.41, 5.74) is 0.123. The Bertz CT molecular complexity index is 318. The average molecular weight is 309 g/mol. The first kappa shape index (κ1) is 19.5. The zero-order valence-corrected chi connectivity index (χ0v) is 16.0. The normalized spacial score (nSPS) is 17.4. The molecule has 0 aromatic carbocycles. The third kappa shape index (κ3) is 7.65. The van der Waals surface area contributed by atoms with Gasteiger partial charge in [-0.25, -0.2) is 0 Å². The van der Waals surface area contributed by atoms with Crippen LogP contribution >= 0.6 is 0 Å². The molecule has 0 fully saturated rings. The Morgan fingerprint density at radius 2 is 1.41 bits per heavy atom. The zero-order valence-electron chi connectivity index (χ0n) is 16.0. The van der Waals surface area contributed by atoms with E-state index in [4.69, 9.17) is 4.99 Å². The molecule has 2 heteroatoms. The van der Waals surface area contributed by atoms with Crippen LogP contribution in [0.15, 0.2) is 4.99 Å². The Kier molecular flexibility index (Phi) is 9.12. The lowest BCUT2D eigenvalue weighted by Gasteiger charge is -2.26. The lowest BCUT2D eigenvalue weighted by atomic mass is 10.1. The highest BCUT2D eigenvalue weighted by Gasteiger charge is 2.31. The molecule has 0 unspecified atom stereocenters. The Balaban J connectivity index is 2.06. The van der Waals surface area contributed by atoms with E-state index in [0.717, 1.165) is 6.54 Å². The largest absolute Gasteiger partial charge is 0.356 e. The number of unbranched alkanes of at least 4 members (excludes halogenated alkanes) is 9. The molecule has 22 heavy (non-hydrogen) atoms. The molecule has 0 aromatic heterocycles. The van der Waals surface area contributed by atoms with Crippen LogP contribution in [-0.2, 0) is 0 Å². The standard InChI is InChI=1S/C20H40N2/c1-6-7-8-9-10-11-12-13-14-15-16-19-21-20(4,5)17-22(19)18(2)3/h18H,6-17H2,1-5H3. The van der Waals surface area contributed by atoms with Crippen molar-refractivity contribution in [2.45, 2.75) is 117 Å². The van der Waals surface area contributed by atoms with Gasteiger partial charge in [-0.15, -0.1) is 0 Å². The van der Waals surface area contributed by atoms with Crippen molar-refractivity contribution in [3.63, 3.8) is 0 Å². The van der Waals surface area contributed by atoms with Crippen molar-refractivity contribution in [2.75, 3.05) is 6.54 Å². The summed E-state index contributed by atoms with van der Waals surface area (Å²) in [4.78, 5) is 7.45. The number of hydrogen-bond donors (Lipinski definition) is 0. The maximum atomic E-state index is 4.94. The lowest BCUT2D eigenvalue weighted by Crippen LogP contribution is -2.37. The van der Waals surface area contributed by atoms with Gasteiger partial charge in [-0.05, 0) is 34.1 Å². The molecule has 0 aliphatic carbocycles. The Hall–Kier alpha value is -0.530. The quantitative estimate of drug-likeness (QED) is 0.392. The number of aliphatic imine (C=N–C) groups is 1. The zero-order chi connectivity index (χ0) is 16.4. The number of rotatable bonds is 12. The van der Waals surface area contributed by atoms with Gasteiger partial charge in [-0.1, -0.05) is 64.7 Å². The second-order valence-corrected chi connectivity index (χ2v) is 7.99. The molecule has 0 radical (unpaired) electrons. The third-order valence-electron chi connectivity index (χ3n) is 4.70. The van der Waals surface area contributed by atoms with Gasteiger partial charge in [-0.3, -0.25) is 4.99 Å². The molecule has 2 nitrogen and oxygen atoms in total. The van der Waals surface area contributed by atoms with Crippen LogP contribution in [0.5, 0.6) is 0 Å². The molecule has 1 rings (SSSR count). The van der Waals surface area contributed by atoms with Gasteiger partial charge in [-0.2, -0.15) is 0 Å². The first-order valence-corrected chi connectivity index (χ1v) is 9.81. The van der Waals surface area contributed by atoms with E-state index in [9.17, 15) is 0 Å². The predicted octanol–water partition coefficient (Wildman–Crippen LogP) is 6.20. The fourth-order valence-corrected chi connectivity index (χ4v) is 3.41. The van der Waals surface area contributed by atoms with Gasteiger partial charge in [0.1, 0.15) is 0 Å². The SMILES string of the molecule is CCCCCCCCCCCCC1=NC(C)(C)CN1C(C)C. The molecule has 1 aliphatic heterocycles. The molecular weight excluding hydrogens is 268 g/mol. The summed E-state index contributed by atoms with van der Waals surface area (Å²) in [6.07, 6.45) is 15.3. The van der Waals surface area contributed by atoms with Crippen molar-refractivity contribution >= 4 is 5.84 Å². The summed E-state index contributed by atoms with van der Waals surface area (Å²) in [6, 6.07) is 0.587. The maximum absolute atomic E-state index is 4.94. The molecule has 0 spiro atoms. The van der Waals surface area contributed by atoms with E-state index in [1.807, 2.05) is 0 Å². The van der Waals surface area contributed by atoms with Crippen molar-refractivity contribution < 1.29 is 0 Å². The van der Waals surface area contributed by atoms with Crippen LogP contribution in [0.4, 0.5) is 0 Å². The monoisotopic (exact) mass is 308 g/mol. The van der Waals surface area contributed by atoms with E-state index in [1.165, 1.54) is 76.5 Å². The number of amidine groups is 1. The molecule has 0 N–H and O–H groups in total. The summed E-state index contributed by atoms with van der Waals surface area (Å²) in [6.45, 7) is 12.5. The maximum Gasteiger partial charge on any atom is 0.0999 e. The molecule has 0 aromatic rings. The number of hydrogen-bond acceptors (Lipinski definition) is 2. The molecule has 0 amide bonds. The molecule has 0 atom stereocenters. The van der Waals surface area contributed by atoms with E-state index < -0.39 is 0 Å². The lowest BCUT2D eigenvalue weighted by molar-refractivity contribution is 0.320. The predicted molar refractivity (Wildman–Crippen MR) is 99.8 cm³/mol. The van der Waals surface area contributed by atoms with Gasteiger partial charge in [0.05, 0.1) is 11.4 Å². The molecular formula is C20H40N2. The minimum atomic E-state index is 0.123. The van der Waals surface area contributed by atoms with E-state index in [0.29, 0.717) is 6.04 Å². The molecule has 0 bridgehead atoms. The van der Waals surface area contributed by atoms with Crippen LogP contribution in [0.25, 0.3) is 0 Å². The van der Waals surface area contributed by atoms with Gasteiger partial charge >= 0.3 is 0 Å². The van der Waals surface area contributed by atoms with Gasteiger partial charge in [0.2, 0.25) is 0 Å². The summed E-state index contributed by atoms with van der Waals surface area (Å²) >= 11 is 0. The Labute approximate surface area is 139 Å². The molecule has 0 saturated heterocycles. The van der Waals surface area contributed by atoms with Gasteiger partial charge in [0.25, 0.3) is 0 Å². The Morgan fingerprint density at radius 3 is 1.91 bits per heavy atom. The van der Waals surface area contributed by atoms with Crippen molar-refractivity contribution in [3.05, 3.63) is 0 Å². The van der Waals surface area contributed by atoms with Crippen LogP contribution in [0, 0.1) is 0 Å². The smallest absolute Gasteiger partial charge is 0.0999 e. The van der Waals surface area contributed by atoms with E-state index >= 15 is 0 Å². The highest BCUT2D eigenvalue weighted by molar-refractivity contribution is 5.84. The first-order valence-electron chi connectivity index (χ1n) is 9.81. The third-order valence-corrected chi connectivity index (χ3v) is 4.70. The minimum absolute atomic E-state index is 0.123. The van der Waals surface area contributed by atoms with Crippen molar-refractivity contribution in [3.8, 4) is 0 Å². The summed E-state index contributed by atoms with van der Waals surface area (Å²) in [7, 11) is 0. The van der Waals surface area contributed by atoms with E-state index in [1.54, 1.807) is 0 Å². The molecule has 1 heterocycles. The highest BCUT2D eigenvalue weighted by atomic mass is 15.3. The summed E-state index contributed by atoms with van der Waals surface area (Å²) in [5, 5.41) is 0. The van der Waals surface area contributed by atoms with Crippen molar-refractivity contribution in [1.82, 2.24) is 4.90 Å². The second-order valence-electron chi connectivity index (χ2n) is 7.99. The summed E-state index contributed by atoms with van der Waals surface area (Å²) in [5.74, 6) is 1.36. The molecule has 130 valence electrons. The number of nitrogens with zero attached hydrogens (tertiary/aromatic N) is 2. The van der Waals surface area contributed by atoms with Crippen LogP contribution in [0.3, 0.4) is 0 Å².